The van der Waals surface area contributed by atoms with Gasteiger partial charge in [0.25, 0.3) is 5.91 Å². The van der Waals surface area contributed by atoms with Crippen molar-refractivity contribution in [2.75, 3.05) is 44.8 Å². The SMILES string of the molecule is N=CC(=C(OC[C@H]1C[C@@H]1CF)C(=O)Nc1cc(F)cc(F)c1)N1CCN(S(=O)(=O)Cc2ccccc2)CC1. The third-order valence-electron chi connectivity index (χ3n) is 6.57. The number of ether oxygens (including phenoxy) is 1. The number of amides is 1. The van der Waals surface area contributed by atoms with Crippen LogP contribution in [-0.4, -0.2) is 69.2 Å². The van der Waals surface area contributed by atoms with Crippen molar-refractivity contribution in [1.29, 1.82) is 5.41 Å². The highest BCUT2D eigenvalue weighted by Crippen LogP contribution is 2.39. The number of benzene rings is 2. The Bertz CT molecular complexity index is 1280. The largest absolute Gasteiger partial charge is 0.486 e. The van der Waals surface area contributed by atoms with Crippen molar-refractivity contribution in [3.8, 4) is 0 Å². The Hall–Kier alpha value is -3.38. The van der Waals surface area contributed by atoms with Crippen molar-refractivity contribution in [1.82, 2.24) is 9.21 Å². The lowest BCUT2D eigenvalue weighted by atomic mass is 10.2. The zero-order valence-corrected chi connectivity index (χ0v) is 21.4. The standard InChI is InChI=1S/C26H29F3N4O4S/c27-14-19-10-20(19)16-37-25(26(34)31-23-12-21(28)11-22(29)13-23)24(15-30)32-6-8-33(9-7-32)38(35,36)17-18-4-2-1-3-5-18/h1-5,11-13,15,19-20,30H,6-10,14,16-17H2,(H,31,34)/t19-,20-/m1/s1. The highest BCUT2D eigenvalue weighted by atomic mass is 32.2. The molecule has 0 spiro atoms. The fraction of sp³-hybridized carbons (Fsp3) is 0.385. The normalized spacial score (nSPS) is 20.4. The molecule has 1 saturated heterocycles. The number of sulfonamides is 1. The Morgan fingerprint density at radius 3 is 2.29 bits per heavy atom. The predicted octanol–water partition coefficient (Wildman–Crippen LogP) is 3.53. The van der Waals surface area contributed by atoms with E-state index >= 15 is 0 Å². The second kappa shape index (κ2) is 12.0. The molecule has 1 heterocycles. The van der Waals surface area contributed by atoms with Crippen molar-refractivity contribution in [3.63, 3.8) is 0 Å². The summed E-state index contributed by atoms with van der Waals surface area (Å²) in [6, 6.07) is 11.4. The van der Waals surface area contributed by atoms with E-state index in [0.29, 0.717) is 18.1 Å². The van der Waals surface area contributed by atoms with E-state index in [4.69, 9.17) is 10.1 Å². The Kier molecular flexibility index (Phi) is 8.72. The molecule has 2 fully saturated rings. The number of hydrogen-bond acceptors (Lipinski definition) is 6. The van der Waals surface area contributed by atoms with Gasteiger partial charge in [0, 0.05) is 44.1 Å². The molecule has 1 aliphatic carbocycles. The van der Waals surface area contributed by atoms with Crippen LogP contribution in [-0.2, 0) is 25.3 Å². The topological polar surface area (TPSA) is 103 Å². The number of anilines is 1. The first kappa shape index (κ1) is 27.6. The van der Waals surface area contributed by atoms with E-state index in [-0.39, 0.29) is 67.5 Å². The highest BCUT2D eigenvalue weighted by molar-refractivity contribution is 7.88. The van der Waals surface area contributed by atoms with Crippen molar-refractivity contribution in [2.45, 2.75) is 12.2 Å². The fourth-order valence-electron chi connectivity index (χ4n) is 4.35. The van der Waals surface area contributed by atoms with Crippen LogP contribution in [0.15, 0.2) is 60.0 Å². The van der Waals surface area contributed by atoms with Gasteiger partial charge in [0.2, 0.25) is 15.8 Å². The molecule has 0 aromatic heterocycles. The maximum Gasteiger partial charge on any atom is 0.293 e. The lowest BCUT2D eigenvalue weighted by molar-refractivity contribution is -0.116. The smallest absolute Gasteiger partial charge is 0.293 e. The molecule has 1 amide bonds. The Morgan fingerprint density at radius 1 is 1.05 bits per heavy atom. The molecule has 2 aromatic carbocycles. The van der Waals surface area contributed by atoms with Gasteiger partial charge in [-0.25, -0.2) is 17.2 Å². The Morgan fingerprint density at radius 2 is 1.71 bits per heavy atom. The molecule has 2 N–H and O–H groups in total. The van der Waals surface area contributed by atoms with Crippen LogP contribution in [0.25, 0.3) is 0 Å². The van der Waals surface area contributed by atoms with E-state index in [1.54, 1.807) is 29.2 Å². The minimum atomic E-state index is -3.58. The number of alkyl halides is 1. The molecule has 0 radical (unpaired) electrons. The summed E-state index contributed by atoms with van der Waals surface area (Å²) in [5.41, 5.74) is 0.627. The summed E-state index contributed by atoms with van der Waals surface area (Å²) in [6.45, 7) is 0.163. The van der Waals surface area contributed by atoms with Crippen LogP contribution in [0.4, 0.5) is 18.9 Å². The fourth-order valence-corrected chi connectivity index (χ4v) is 5.86. The number of carbonyl (C=O) groups excluding carboxylic acids is 1. The van der Waals surface area contributed by atoms with Crippen LogP contribution in [0.1, 0.15) is 12.0 Å². The molecule has 2 aliphatic rings. The molecule has 2 atom stereocenters. The van der Waals surface area contributed by atoms with Gasteiger partial charge in [-0.15, -0.1) is 0 Å². The number of rotatable bonds is 11. The van der Waals surface area contributed by atoms with Crippen LogP contribution in [0.2, 0.25) is 0 Å². The molecule has 0 unspecified atom stereocenters. The molecule has 12 heteroatoms. The number of allylic oxidation sites excluding steroid dienone is 1. The van der Waals surface area contributed by atoms with Crippen LogP contribution < -0.4 is 5.32 Å². The van der Waals surface area contributed by atoms with Gasteiger partial charge in [-0.05, 0) is 36.0 Å². The lowest BCUT2D eigenvalue weighted by Gasteiger charge is -2.36. The van der Waals surface area contributed by atoms with E-state index in [1.165, 1.54) is 4.31 Å². The summed E-state index contributed by atoms with van der Waals surface area (Å²) in [5, 5.41) is 10.4. The van der Waals surface area contributed by atoms with Crippen molar-refractivity contribution < 1.29 is 31.1 Å². The first-order valence-corrected chi connectivity index (χ1v) is 13.8. The number of piperazine rings is 1. The number of hydrogen-bond donors (Lipinski definition) is 2. The summed E-state index contributed by atoms with van der Waals surface area (Å²) < 4.78 is 73.2. The Balaban J connectivity index is 1.50. The molecular formula is C26H29F3N4O4S. The second-order valence-electron chi connectivity index (χ2n) is 9.32. The zero-order valence-electron chi connectivity index (χ0n) is 20.6. The Labute approximate surface area is 219 Å². The summed E-state index contributed by atoms with van der Waals surface area (Å²) in [6.07, 6.45) is 1.53. The van der Waals surface area contributed by atoms with Gasteiger partial charge < -0.3 is 20.4 Å². The quantitative estimate of drug-likeness (QED) is 0.253. The number of nitrogens with zero attached hydrogens (tertiary/aromatic N) is 2. The summed E-state index contributed by atoms with van der Waals surface area (Å²) in [4.78, 5) is 14.8. The average Bonchev–Trinajstić information content (AvgIpc) is 3.65. The van der Waals surface area contributed by atoms with Crippen molar-refractivity contribution >= 4 is 27.8 Å². The molecule has 8 nitrogen and oxygen atoms in total. The molecule has 1 aliphatic heterocycles. The first-order valence-electron chi connectivity index (χ1n) is 12.2. The molecule has 2 aromatic rings. The van der Waals surface area contributed by atoms with Crippen LogP contribution in [0.5, 0.6) is 0 Å². The van der Waals surface area contributed by atoms with Crippen LogP contribution >= 0.6 is 0 Å². The van der Waals surface area contributed by atoms with Gasteiger partial charge >= 0.3 is 0 Å². The third-order valence-corrected chi connectivity index (χ3v) is 8.42. The number of halogens is 3. The second-order valence-corrected chi connectivity index (χ2v) is 11.3. The maximum atomic E-state index is 13.6. The van der Waals surface area contributed by atoms with Gasteiger partial charge in [-0.1, -0.05) is 30.3 Å². The number of nitrogens with one attached hydrogen (secondary N) is 2. The molecule has 204 valence electrons. The maximum absolute atomic E-state index is 13.6. The van der Waals surface area contributed by atoms with Gasteiger partial charge in [0.1, 0.15) is 17.3 Å². The average molecular weight is 551 g/mol. The minimum absolute atomic E-state index is 0.0393. The summed E-state index contributed by atoms with van der Waals surface area (Å²) in [5.74, 6) is -3.22. The predicted molar refractivity (Wildman–Crippen MR) is 137 cm³/mol. The molecule has 38 heavy (non-hydrogen) atoms. The van der Waals surface area contributed by atoms with Crippen molar-refractivity contribution in [2.24, 2.45) is 11.8 Å². The van der Waals surface area contributed by atoms with Crippen LogP contribution in [0, 0.1) is 28.9 Å². The zero-order chi connectivity index (χ0) is 27.3. The van der Waals surface area contributed by atoms with E-state index in [2.05, 4.69) is 5.32 Å². The van der Waals surface area contributed by atoms with Gasteiger partial charge in [-0.3, -0.25) is 9.18 Å². The molecule has 1 saturated carbocycles. The number of carbonyl (C=O) groups is 1. The minimum Gasteiger partial charge on any atom is -0.486 e. The molecule has 4 rings (SSSR count). The molecule has 0 bridgehead atoms. The van der Waals surface area contributed by atoms with Gasteiger partial charge in [0.05, 0.1) is 19.0 Å². The van der Waals surface area contributed by atoms with Crippen LogP contribution in [0.3, 0.4) is 0 Å². The van der Waals surface area contributed by atoms with E-state index in [9.17, 15) is 26.4 Å². The van der Waals surface area contributed by atoms with E-state index in [1.807, 2.05) is 6.07 Å². The third kappa shape index (κ3) is 6.93. The van der Waals surface area contributed by atoms with Crippen molar-refractivity contribution in [3.05, 3.63) is 77.2 Å². The van der Waals surface area contributed by atoms with E-state index in [0.717, 1.165) is 18.3 Å². The van der Waals surface area contributed by atoms with Gasteiger partial charge in [-0.2, -0.15) is 4.31 Å². The molecular weight excluding hydrogens is 521 g/mol. The highest BCUT2D eigenvalue weighted by Gasteiger charge is 2.38. The first-order chi connectivity index (χ1) is 18.2. The van der Waals surface area contributed by atoms with E-state index < -0.39 is 34.2 Å². The monoisotopic (exact) mass is 550 g/mol. The van der Waals surface area contributed by atoms with Gasteiger partial charge in [0.15, 0.2) is 0 Å². The lowest BCUT2D eigenvalue weighted by Crippen LogP contribution is -2.49. The summed E-state index contributed by atoms with van der Waals surface area (Å²) in [7, 11) is -3.58. The summed E-state index contributed by atoms with van der Waals surface area (Å²) >= 11 is 0.